The molecule has 0 spiro atoms. The zero-order chi connectivity index (χ0) is 15.7. The SMILES string of the molecule is CN(C)c1ccc(Cl)cc1NC(=O)C1Cc2ccccc2S1. The molecule has 1 aliphatic heterocycles. The highest BCUT2D eigenvalue weighted by Gasteiger charge is 2.28. The fourth-order valence-electron chi connectivity index (χ4n) is 2.54. The molecule has 0 aromatic heterocycles. The number of carbonyl (C=O) groups is 1. The molecule has 0 fully saturated rings. The van der Waals surface area contributed by atoms with E-state index in [9.17, 15) is 4.79 Å². The standard InChI is InChI=1S/C17H17ClN2OS/c1-20(2)14-8-7-12(18)10-13(14)19-17(21)16-9-11-5-3-4-6-15(11)22-16/h3-8,10,16H,9H2,1-2H3,(H,19,21). The Kier molecular flexibility index (Phi) is 4.32. The molecule has 2 aromatic rings. The Morgan fingerprint density at radius 2 is 2.05 bits per heavy atom. The number of fused-ring (bicyclic) bond motifs is 1. The van der Waals surface area contributed by atoms with Gasteiger partial charge in [-0.3, -0.25) is 4.79 Å². The number of hydrogen-bond acceptors (Lipinski definition) is 3. The maximum atomic E-state index is 12.6. The molecular weight excluding hydrogens is 316 g/mol. The minimum absolute atomic E-state index is 0.0200. The van der Waals surface area contributed by atoms with Crippen molar-refractivity contribution in [3.8, 4) is 0 Å². The first-order chi connectivity index (χ1) is 10.5. The van der Waals surface area contributed by atoms with E-state index in [1.807, 2.05) is 43.3 Å². The second kappa shape index (κ2) is 6.23. The van der Waals surface area contributed by atoms with Gasteiger partial charge in [-0.05, 0) is 36.2 Å². The smallest absolute Gasteiger partial charge is 0.238 e. The summed E-state index contributed by atoms with van der Waals surface area (Å²) in [6, 6.07) is 13.7. The minimum atomic E-state index is -0.0913. The monoisotopic (exact) mass is 332 g/mol. The molecule has 2 aromatic carbocycles. The van der Waals surface area contributed by atoms with Crippen molar-refractivity contribution in [1.29, 1.82) is 0 Å². The summed E-state index contributed by atoms with van der Waals surface area (Å²) in [5, 5.41) is 3.55. The first kappa shape index (κ1) is 15.3. The summed E-state index contributed by atoms with van der Waals surface area (Å²) in [6.45, 7) is 0. The van der Waals surface area contributed by atoms with E-state index in [-0.39, 0.29) is 11.2 Å². The van der Waals surface area contributed by atoms with Crippen molar-refractivity contribution in [1.82, 2.24) is 0 Å². The van der Waals surface area contributed by atoms with Gasteiger partial charge in [-0.15, -0.1) is 11.8 Å². The van der Waals surface area contributed by atoms with Crippen molar-refractivity contribution in [3.05, 3.63) is 53.1 Å². The van der Waals surface area contributed by atoms with Crippen LogP contribution in [0.3, 0.4) is 0 Å². The number of rotatable bonds is 3. The summed E-state index contributed by atoms with van der Waals surface area (Å²) < 4.78 is 0. The highest BCUT2D eigenvalue weighted by molar-refractivity contribution is 8.01. The van der Waals surface area contributed by atoms with Crippen LogP contribution in [0.25, 0.3) is 0 Å². The second-order valence-electron chi connectivity index (χ2n) is 5.46. The van der Waals surface area contributed by atoms with Crippen LogP contribution >= 0.6 is 23.4 Å². The average Bonchev–Trinajstić information content (AvgIpc) is 2.91. The van der Waals surface area contributed by atoms with Crippen LogP contribution in [0.2, 0.25) is 5.02 Å². The Bertz CT molecular complexity index is 693. The first-order valence-corrected chi connectivity index (χ1v) is 8.32. The van der Waals surface area contributed by atoms with Gasteiger partial charge in [-0.2, -0.15) is 0 Å². The van der Waals surface area contributed by atoms with Gasteiger partial charge in [0.25, 0.3) is 0 Å². The normalized spacial score (nSPS) is 16.2. The van der Waals surface area contributed by atoms with Crippen molar-refractivity contribution in [2.75, 3.05) is 24.3 Å². The minimum Gasteiger partial charge on any atom is -0.376 e. The van der Waals surface area contributed by atoms with Gasteiger partial charge in [0.1, 0.15) is 0 Å². The number of hydrogen-bond donors (Lipinski definition) is 1. The van der Waals surface area contributed by atoms with Crippen LogP contribution in [0.15, 0.2) is 47.4 Å². The van der Waals surface area contributed by atoms with Crippen molar-refractivity contribution in [2.24, 2.45) is 0 Å². The summed E-state index contributed by atoms with van der Waals surface area (Å²) in [5.41, 5.74) is 2.93. The Hall–Kier alpha value is -1.65. The van der Waals surface area contributed by atoms with Gasteiger partial charge in [0, 0.05) is 24.0 Å². The van der Waals surface area contributed by atoms with Gasteiger partial charge in [0.2, 0.25) is 5.91 Å². The number of nitrogens with zero attached hydrogens (tertiary/aromatic N) is 1. The number of thioether (sulfide) groups is 1. The lowest BCUT2D eigenvalue weighted by atomic mass is 10.1. The molecule has 1 unspecified atom stereocenters. The van der Waals surface area contributed by atoms with Crippen molar-refractivity contribution >= 4 is 40.6 Å². The molecule has 3 rings (SSSR count). The number of anilines is 2. The number of carbonyl (C=O) groups excluding carboxylic acids is 1. The molecule has 3 nitrogen and oxygen atoms in total. The van der Waals surface area contributed by atoms with E-state index in [4.69, 9.17) is 11.6 Å². The van der Waals surface area contributed by atoms with Crippen LogP contribution in [0.4, 0.5) is 11.4 Å². The summed E-state index contributed by atoms with van der Waals surface area (Å²) in [6.07, 6.45) is 0.768. The van der Waals surface area contributed by atoms with E-state index in [1.54, 1.807) is 17.8 Å². The van der Waals surface area contributed by atoms with E-state index in [0.29, 0.717) is 5.02 Å². The topological polar surface area (TPSA) is 32.3 Å². The van der Waals surface area contributed by atoms with Crippen molar-refractivity contribution < 1.29 is 4.79 Å². The Balaban J connectivity index is 1.77. The zero-order valence-corrected chi connectivity index (χ0v) is 14.0. The lowest BCUT2D eigenvalue weighted by Gasteiger charge is -2.19. The zero-order valence-electron chi connectivity index (χ0n) is 12.5. The molecule has 1 heterocycles. The third kappa shape index (κ3) is 3.08. The van der Waals surface area contributed by atoms with Crippen LogP contribution in [0.1, 0.15) is 5.56 Å². The highest BCUT2D eigenvalue weighted by Crippen LogP contribution is 2.38. The van der Waals surface area contributed by atoms with Gasteiger partial charge >= 0.3 is 0 Å². The van der Waals surface area contributed by atoms with E-state index < -0.39 is 0 Å². The molecule has 1 atom stereocenters. The van der Waals surface area contributed by atoms with Gasteiger partial charge in [-0.25, -0.2) is 0 Å². The molecule has 22 heavy (non-hydrogen) atoms. The largest absolute Gasteiger partial charge is 0.376 e. The molecule has 0 bridgehead atoms. The molecule has 0 radical (unpaired) electrons. The van der Waals surface area contributed by atoms with Crippen LogP contribution in [-0.4, -0.2) is 25.3 Å². The molecule has 0 saturated heterocycles. The number of amides is 1. The molecule has 1 amide bonds. The van der Waals surface area contributed by atoms with E-state index in [2.05, 4.69) is 17.4 Å². The van der Waals surface area contributed by atoms with E-state index in [1.165, 1.54) is 10.5 Å². The third-order valence-electron chi connectivity index (χ3n) is 3.64. The molecule has 5 heteroatoms. The summed E-state index contributed by atoms with van der Waals surface area (Å²) in [4.78, 5) is 15.7. The Morgan fingerprint density at radius 3 is 2.77 bits per heavy atom. The molecular formula is C17H17ClN2OS. The Labute approximate surface area is 139 Å². The Morgan fingerprint density at radius 1 is 1.27 bits per heavy atom. The van der Waals surface area contributed by atoms with Crippen LogP contribution in [0, 0.1) is 0 Å². The fraction of sp³-hybridized carbons (Fsp3) is 0.235. The maximum Gasteiger partial charge on any atom is 0.238 e. The van der Waals surface area contributed by atoms with Gasteiger partial charge in [0.05, 0.1) is 16.6 Å². The van der Waals surface area contributed by atoms with Gasteiger partial charge in [0.15, 0.2) is 0 Å². The summed E-state index contributed by atoms with van der Waals surface area (Å²) in [5.74, 6) is 0.0200. The van der Waals surface area contributed by atoms with E-state index in [0.717, 1.165) is 17.8 Å². The van der Waals surface area contributed by atoms with Gasteiger partial charge in [-0.1, -0.05) is 29.8 Å². The molecule has 1 N–H and O–H groups in total. The lowest BCUT2D eigenvalue weighted by molar-refractivity contribution is -0.115. The molecule has 114 valence electrons. The lowest BCUT2D eigenvalue weighted by Crippen LogP contribution is -2.25. The summed E-state index contributed by atoms with van der Waals surface area (Å²) in [7, 11) is 3.89. The molecule has 0 saturated carbocycles. The average molecular weight is 333 g/mol. The van der Waals surface area contributed by atoms with Crippen molar-refractivity contribution in [2.45, 2.75) is 16.6 Å². The third-order valence-corrected chi connectivity index (χ3v) is 5.19. The highest BCUT2D eigenvalue weighted by atomic mass is 35.5. The van der Waals surface area contributed by atoms with Crippen LogP contribution in [0.5, 0.6) is 0 Å². The maximum absolute atomic E-state index is 12.6. The second-order valence-corrected chi connectivity index (χ2v) is 7.14. The first-order valence-electron chi connectivity index (χ1n) is 7.07. The predicted octanol–water partition coefficient (Wildman–Crippen LogP) is 4.06. The fourth-order valence-corrected chi connectivity index (χ4v) is 3.91. The number of benzene rings is 2. The number of nitrogens with one attached hydrogen (secondary N) is 1. The quantitative estimate of drug-likeness (QED) is 0.919. The van der Waals surface area contributed by atoms with Crippen molar-refractivity contribution in [3.63, 3.8) is 0 Å². The van der Waals surface area contributed by atoms with E-state index >= 15 is 0 Å². The number of halogens is 1. The van der Waals surface area contributed by atoms with Crippen LogP contribution < -0.4 is 10.2 Å². The van der Waals surface area contributed by atoms with Crippen LogP contribution in [-0.2, 0) is 11.2 Å². The van der Waals surface area contributed by atoms with Gasteiger partial charge < -0.3 is 10.2 Å². The summed E-state index contributed by atoms with van der Waals surface area (Å²) >= 11 is 7.69. The molecule has 1 aliphatic rings. The predicted molar refractivity (Wildman–Crippen MR) is 94.2 cm³/mol. The molecule has 0 aliphatic carbocycles.